The summed E-state index contributed by atoms with van der Waals surface area (Å²) in [6.07, 6.45) is 11.0. The van der Waals surface area contributed by atoms with E-state index >= 15 is 0 Å². The van der Waals surface area contributed by atoms with Crippen molar-refractivity contribution in [3.05, 3.63) is 0 Å². The van der Waals surface area contributed by atoms with E-state index in [9.17, 15) is 4.79 Å². The van der Waals surface area contributed by atoms with E-state index in [0.29, 0.717) is 6.04 Å². The summed E-state index contributed by atoms with van der Waals surface area (Å²) in [5.74, 6) is 1.27. The smallest absolute Gasteiger partial charge is 0.223 e. The van der Waals surface area contributed by atoms with E-state index in [0.717, 1.165) is 51.3 Å². The van der Waals surface area contributed by atoms with Crippen molar-refractivity contribution in [2.75, 3.05) is 33.4 Å². The Morgan fingerprint density at radius 1 is 1.17 bits per heavy atom. The zero-order valence-electron chi connectivity index (χ0n) is 15.2. The van der Waals surface area contributed by atoms with Crippen LogP contribution in [0.5, 0.6) is 0 Å². The third-order valence-electron chi connectivity index (χ3n) is 5.62. The number of amides is 1. The first-order valence-electron chi connectivity index (χ1n) is 9.70. The van der Waals surface area contributed by atoms with Crippen molar-refractivity contribution < 1.29 is 9.53 Å². The maximum atomic E-state index is 12.4. The molecule has 2 aliphatic rings. The van der Waals surface area contributed by atoms with Gasteiger partial charge in [-0.15, -0.1) is 0 Å². The molecule has 0 aromatic heterocycles. The van der Waals surface area contributed by atoms with Crippen LogP contribution in [0.3, 0.4) is 0 Å². The molecule has 4 nitrogen and oxygen atoms in total. The van der Waals surface area contributed by atoms with Crippen LogP contribution in [0.2, 0.25) is 0 Å². The molecule has 0 aromatic rings. The minimum atomic E-state index is 0.185. The van der Waals surface area contributed by atoms with Crippen molar-refractivity contribution in [1.29, 1.82) is 0 Å². The highest BCUT2D eigenvalue weighted by Gasteiger charge is 2.25. The van der Waals surface area contributed by atoms with Gasteiger partial charge in [-0.3, -0.25) is 4.79 Å². The predicted octanol–water partition coefficient (Wildman–Crippen LogP) is 3.21. The van der Waals surface area contributed by atoms with Crippen LogP contribution in [0.15, 0.2) is 0 Å². The molecule has 0 aromatic carbocycles. The van der Waals surface area contributed by atoms with E-state index in [2.05, 4.69) is 17.1 Å². The molecule has 2 rings (SSSR count). The topological polar surface area (TPSA) is 41.6 Å². The number of ether oxygens (including phenoxy) is 1. The first-order chi connectivity index (χ1) is 11.2. The van der Waals surface area contributed by atoms with Crippen LogP contribution >= 0.6 is 0 Å². The van der Waals surface area contributed by atoms with Crippen LogP contribution in [0.25, 0.3) is 0 Å². The Bertz CT molecular complexity index is 334. The Kier molecular flexibility index (Phi) is 8.38. The number of piperidine rings is 1. The van der Waals surface area contributed by atoms with E-state index in [1.165, 1.54) is 38.6 Å². The molecule has 1 N–H and O–H groups in total. The van der Waals surface area contributed by atoms with Crippen molar-refractivity contribution in [2.45, 2.75) is 70.8 Å². The lowest BCUT2D eigenvalue weighted by atomic mass is 9.93. The minimum Gasteiger partial charge on any atom is -0.385 e. The third kappa shape index (κ3) is 6.80. The molecule has 134 valence electrons. The minimum absolute atomic E-state index is 0.185. The number of nitrogens with one attached hydrogen (secondary N) is 1. The van der Waals surface area contributed by atoms with Gasteiger partial charge in [-0.25, -0.2) is 0 Å². The zero-order valence-corrected chi connectivity index (χ0v) is 15.2. The average molecular weight is 325 g/mol. The van der Waals surface area contributed by atoms with Gasteiger partial charge in [0.15, 0.2) is 0 Å². The van der Waals surface area contributed by atoms with E-state index in [4.69, 9.17) is 4.74 Å². The highest BCUT2D eigenvalue weighted by molar-refractivity contribution is 5.78. The Labute approximate surface area is 142 Å². The highest BCUT2D eigenvalue weighted by Crippen LogP contribution is 2.30. The number of likely N-dealkylation sites (tertiary alicyclic amines) is 1. The number of unbranched alkanes of at least 4 members (excludes halogenated alkanes) is 1. The van der Waals surface area contributed by atoms with Crippen LogP contribution in [-0.4, -0.2) is 50.2 Å². The first kappa shape index (κ1) is 18.7. The Balaban J connectivity index is 1.58. The summed E-state index contributed by atoms with van der Waals surface area (Å²) >= 11 is 0. The van der Waals surface area contributed by atoms with Gasteiger partial charge in [-0.05, 0) is 44.6 Å². The van der Waals surface area contributed by atoms with Gasteiger partial charge in [-0.2, -0.15) is 0 Å². The van der Waals surface area contributed by atoms with Crippen LogP contribution in [0, 0.1) is 11.8 Å². The molecule has 1 amide bonds. The number of methoxy groups -OCH3 is 1. The fraction of sp³-hybridized carbons (Fsp3) is 0.947. The lowest BCUT2D eigenvalue weighted by Crippen LogP contribution is -2.46. The maximum Gasteiger partial charge on any atom is 0.223 e. The molecule has 0 radical (unpaired) electrons. The van der Waals surface area contributed by atoms with E-state index < -0.39 is 0 Å². The fourth-order valence-corrected chi connectivity index (χ4v) is 4.08. The lowest BCUT2D eigenvalue weighted by Gasteiger charge is -2.33. The zero-order chi connectivity index (χ0) is 16.5. The molecule has 1 saturated carbocycles. The van der Waals surface area contributed by atoms with Gasteiger partial charge in [0.05, 0.1) is 0 Å². The van der Waals surface area contributed by atoms with Gasteiger partial charge in [0.1, 0.15) is 0 Å². The van der Waals surface area contributed by atoms with Crippen LogP contribution < -0.4 is 5.32 Å². The van der Waals surface area contributed by atoms with Gasteiger partial charge in [0.25, 0.3) is 0 Å². The predicted molar refractivity (Wildman–Crippen MR) is 94.5 cm³/mol. The SMILES string of the molecule is COCCCCN1CCC(NC(=O)C(C)CC2CCCC2)CC1. The summed E-state index contributed by atoms with van der Waals surface area (Å²) in [4.78, 5) is 14.9. The highest BCUT2D eigenvalue weighted by atomic mass is 16.5. The van der Waals surface area contributed by atoms with Crippen molar-refractivity contribution in [3.8, 4) is 0 Å². The van der Waals surface area contributed by atoms with Crippen molar-refractivity contribution in [3.63, 3.8) is 0 Å². The summed E-state index contributed by atoms with van der Waals surface area (Å²) < 4.78 is 5.10. The molecule has 1 atom stereocenters. The maximum absolute atomic E-state index is 12.4. The third-order valence-corrected chi connectivity index (χ3v) is 5.62. The number of nitrogens with zero attached hydrogens (tertiary/aromatic N) is 1. The second-order valence-electron chi connectivity index (χ2n) is 7.61. The summed E-state index contributed by atoms with van der Waals surface area (Å²) in [6.45, 7) is 6.38. The molecule has 1 heterocycles. The van der Waals surface area contributed by atoms with Crippen LogP contribution in [-0.2, 0) is 9.53 Å². The molecule has 2 fully saturated rings. The Morgan fingerprint density at radius 2 is 1.87 bits per heavy atom. The molecule has 23 heavy (non-hydrogen) atoms. The molecule has 4 heteroatoms. The summed E-state index contributed by atoms with van der Waals surface area (Å²) in [7, 11) is 1.77. The monoisotopic (exact) mass is 324 g/mol. The van der Waals surface area contributed by atoms with Gasteiger partial charge < -0.3 is 15.0 Å². The van der Waals surface area contributed by atoms with Gasteiger partial charge in [-0.1, -0.05) is 32.6 Å². The number of hydrogen-bond donors (Lipinski definition) is 1. The van der Waals surface area contributed by atoms with Crippen molar-refractivity contribution >= 4 is 5.91 Å². The molecular formula is C19H36N2O2. The average Bonchev–Trinajstić information content (AvgIpc) is 3.06. The van der Waals surface area contributed by atoms with Gasteiger partial charge in [0, 0.05) is 38.8 Å². The number of hydrogen-bond acceptors (Lipinski definition) is 3. The first-order valence-corrected chi connectivity index (χ1v) is 9.70. The molecule has 1 aliphatic heterocycles. The van der Waals surface area contributed by atoms with E-state index in [-0.39, 0.29) is 11.8 Å². The summed E-state index contributed by atoms with van der Waals surface area (Å²) in [6, 6.07) is 0.392. The Morgan fingerprint density at radius 3 is 2.52 bits per heavy atom. The normalized spacial score (nSPS) is 22.3. The Hall–Kier alpha value is -0.610. The number of carbonyl (C=O) groups is 1. The van der Waals surface area contributed by atoms with Crippen molar-refractivity contribution in [1.82, 2.24) is 10.2 Å². The quantitative estimate of drug-likeness (QED) is 0.662. The lowest BCUT2D eigenvalue weighted by molar-refractivity contribution is -0.126. The molecule has 1 saturated heterocycles. The molecule has 0 bridgehead atoms. The second kappa shape index (κ2) is 10.3. The van der Waals surface area contributed by atoms with Crippen LogP contribution in [0.4, 0.5) is 0 Å². The standard InChI is InChI=1S/C19H36N2O2/c1-16(15-17-7-3-4-8-17)19(22)20-18-9-12-21(13-10-18)11-5-6-14-23-2/h16-18H,3-15H2,1-2H3,(H,20,22). The van der Waals surface area contributed by atoms with Gasteiger partial charge in [0.2, 0.25) is 5.91 Å². The second-order valence-corrected chi connectivity index (χ2v) is 7.61. The number of rotatable bonds is 9. The summed E-state index contributed by atoms with van der Waals surface area (Å²) in [5.41, 5.74) is 0. The molecule has 1 aliphatic carbocycles. The fourth-order valence-electron chi connectivity index (χ4n) is 4.08. The largest absolute Gasteiger partial charge is 0.385 e. The van der Waals surface area contributed by atoms with Crippen LogP contribution in [0.1, 0.15) is 64.7 Å². The molecule has 0 spiro atoms. The molecular weight excluding hydrogens is 288 g/mol. The van der Waals surface area contributed by atoms with E-state index in [1.807, 2.05) is 0 Å². The van der Waals surface area contributed by atoms with E-state index in [1.54, 1.807) is 7.11 Å². The number of carbonyl (C=O) groups excluding carboxylic acids is 1. The molecule has 1 unspecified atom stereocenters. The van der Waals surface area contributed by atoms with Crippen molar-refractivity contribution in [2.24, 2.45) is 11.8 Å². The summed E-state index contributed by atoms with van der Waals surface area (Å²) in [5, 5.41) is 3.30. The van der Waals surface area contributed by atoms with Gasteiger partial charge >= 0.3 is 0 Å².